The topological polar surface area (TPSA) is 40.6 Å². The van der Waals surface area contributed by atoms with Gasteiger partial charge < -0.3 is 4.90 Å². The van der Waals surface area contributed by atoms with Crippen LogP contribution in [-0.4, -0.2) is 32.4 Å². The maximum Gasteiger partial charge on any atom is 0.244 e. The minimum absolute atomic E-state index is 0.0144. The van der Waals surface area contributed by atoms with E-state index in [0.717, 1.165) is 11.3 Å². The summed E-state index contributed by atoms with van der Waals surface area (Å²) >= 11 is 30.9. The molecule has 1 heterocycles. The average molecular weight is 551 g/mol. The second kappa shape index (κ2) is 9.59. The first-order valence-corrected chi connectivity index (χ1v) is 12.9. The standard InChI is InChI=1S/C22H17Cl5N2O2S/c23-15-3-1-14(2-4-15)21-13-28(32(30,31)22-12-17(25)5-7-18(22)26)9-10-29(21)20-8-6-16(24)11-19(20)27/h1-8,11-12,21H,9-10,13H2. The highest BCUT2D eigenvalue weighted by molar-refractivity contribution is 7.89. The predicted octanol–water partition coefficient (Wildman–Crippen LogP) is 7.21. The van der Waals surface area contributed by atoms with Crippen LogP contribution in [0.25, 0.3) is 0 Å². The van der Waals surface area contributed by atoms with Gasteiger partial charge in [0.05, 0.1) is 21.8 Å². The van der Waals surface area contributed by atoms with Crippen LogP contribution in [0.15, 0.2) is 65.6 Å². The SMILES string of the molecule is O=S(=O)(c1cc(Cl)ccc1Cl)N1CCN(c2ccc(Cl)cc2Cl)C(c2ccc(Cl)cc2)C1. The second-order valence-electron chi connectivity index (χ2n) is 7.29. The Hall–Kier alpha value is -1.18. The molecule has 0 amide bonds. The molecule has 0 spiro atoms. The molecule has 4 nitrogen and oxygen atoms in total. The molecule has 1 fully saturated rings. The Morgan fingerprint density at radius 3 is 2.03 bits per heavy atom. The molecule has 0 radical (unpaired) electrons. The number of anilines is 1. The largest absolute Gasteiger partial charge is 0.361 e. The fourth-order valence-corrected chi connectivity index (χ4v) is 6.58. The number of rotatable bonds is 4. The van der Waals surface area contributed by atoms with Crippen molar-refractivity contribution in [1.82, 2.24) is 4.31 Å². The molecule has 1 atom stereocenters. The minimum atomic E-state index is -3.88. The average Bonchev–Trinajstić information content (AvgIpc) is 2.76. The van der Waals surface area contributed by atoms with Crippen LogP contribution in [0.1, 0.15) is 11.6 Å². The molecule has 0 N–H and O–H groups in total. The molecule has 4 rings (SSSR count). The Bertz CT molecular complexity index is 1250. The van der Waals surface area contributed by atoms with Crippen molar-refractivity contribution < 1.29 is 8.42 Å². The van der Waals surface area contributed by atoms with E-state index in [2.05, 4.69) is 4.90 Å². The molecule has 1 unspecified atom stereocenters. The van der Waals surface area contributed by atoms with Gasteiger partial charge in [-0.05, 0) is 54.1 Å². The number of hydrogen-bond acceptors (Lipinski definition) is 3. The van der Waals surface area contributed by atoms with Gasteiger partial charge in [-0.25, -0.2) is 8.42 Å². The van der Waals surface area contributed by atoms with Crippen molar-refractivity contribution in [3.8, 4) is 0 Å². The molecule has 32 heavy (non-hydrogen) atoms. The lowest BCUT2D eigenvalue weighted by Gasteiger charge is -2.42. The van der Waals surface area contributed by atoms with Gasteiger partial charge in [-0.1, -0.05) is 70.1 Å². The smallest absolute Gasteiger partial charge is 0.244 e. The monoisotopic (exact) mass is 548 g/mol. The van der Waals surface area contributed by atoms with Gasteiger partial charge in [-0.3, -0.25) is 0 Å². The van der Waals surface area contributed by atoms with Gasteiger partial charge in [0, 0.05) is 34.7 Å². The van der Waals surface area contributed by atoms with Crippen molar-refractivity contribution in [2.45, 2.75) is 10.9 Å². The molecule has 0 saturated carbocycles. The zero-order chi connectivity index (χ0) is 23.0. The van der Waals surface area contributed by atoms with Gasteiger partial charge in [0.2, 0.25) is 10.0 Å². The summed E-state index contributed by atoms with van der Waals surface area (Å²) in [4.78, 5) is 2.06. The van der Waals surface area contributed by atoms with E-state index < -0.39 is 10.0 Å². The van der Waals surface area contributed by atoms with Gasteiger partial charge in [0.25, 0.3) is 0 Å². The lowest BCUT2D eigenvalue weighted by atomic mass is 10.0. The van der Waals surface area contributed by atoms with E-state index in [1.807, 2.05) is 18.2 Å². The van der Waals surface area contributed by atoms with Crippen LogP contribution in [0, 0.1) is 0 Å². The highest BCUT2D eigenvalue weighted by atomic mass is 35.5. The zero-order valence-corrected chi connectivity index (χ0v) is 21.1. The summed E-state index contributed by atoms with van der Waals surface area (Å²) in [7, 11) is -3.88. The van der Waals surface area contributed by atoms with Crippen LogP contribution in [0.2, 0.25) is 25.1 Å². The molecule has 3 aromatic rings. The Morgan fingerprint density at radius 2 is 1.34 bits per heavy atom. The van der Waals surface area contributed by atoms with E-state index in [0.29, 0.717) is 26.6 Å². The highest BCUT2D eigenvalue weighted by Gasteiger charge is 2.36. The van der Waals surface area contributed by atoms with Crippen LogP contribution in [0.5, 0.6) is 0 Å². The highest BCUT2D eigenvalue weighted by Crippen LogP contribution is 2.38. The fourth-order valence-electron chi connectivity index (χ4n) is 3.76. The maximum atomic E-state index is 13.4. The summed E-state index contributed by atoms with van der Waals surface area (Å²) in [5.74, 6) is 0. The molecular formula is C22H17Cl5N2O2S. The maximum absolute atomic E-state index is 13.4. The van der Waals surface area contributed by atoms with E-state index >= 15 is 0 Å². The number of benzene rings is 3. The molecule has 0 bridgehead atoms. The van der Waals surface area contributed by atoms with Gasteiger partial charge >= 0.3 is 0 Å². The second-order valence-corrected chi connectivity index (χ2v) is 11.3. The summed E-state index contributed by atoms with van der Waals surface area (Å²) in [6.45, 7) is 0.839. The first-order valence-electron chi connectivity index (χ1n) is 9.59. The Morgan fingerprint density at radius 1 is 0.719 bits per heavy atom. The summed E-state index contributed by atoms with van der Waals surface area (Å²) in [5, 5.41) is 2.04. The van der Waals surface area contributed by atoms with Crippen molar-refractivity contribution in [1.29, 1.82) is 0 Å². The first-order chi connectivity index (χ1) is 15.2. The van der Waals surface area contributed by atoms with E-state index in [9.17, 15) is 8.42 Å². The van der Waals surface area contributed by atoms with Crippen LogP contribution in [0.4, 0.5) is 5.69 Å². The third-order valence-electron chi connectivity index (χ3n) is 5.33. The van der Waals surface area contributed by atoms with Crippen LogP contribution < -0.4 is 4.90 Å². The van der Waals surface area contributed by atoms with Gasteiger partial charge in [0.1, 0.15) is 4.90 Å². The molecule has 1 aliphatic heterocycles. The summed E-state index contributed by atoms with van der Waals surface area (Å²) in [6.07, 6.45) is 0. The minimum Gasteiger partial charge on any atom is -0.361 e. The predicted molar refractivity (Wildman–Crippen MR) is 133 cm³/mol. The summed E-state index contributed by atoms with van der Waals surface area (Å²) < 4.78 is 28.3. The van der Waals surface area contributed by atoms with Crippen molar-refractivity contribution >= 4 is 73.7 Å². The molecule has 168 valence electrons. The Kier molecular flexibility index (Phi) is 7.18. The number of hydrogen-bond donors (Lipinski definition) is 0. The first kappa shape index (κ1) is 24.0. The van der Waals surface area contributed by atoms with Crippen LogP contribution in [0.3, 0.4) is 0 Å². The molecule has 3 aromatic carbocycles. The van der Waals surface area contributed by atoms with E-state index in [4.69, 9.17) is 58.0 Å². The third-order valence-corrected chi connectivity index (χ3v) is 8.70. The normalized spacial score (nSPS) is 17.5. The summed E-state index contributed by atoms with van der Waals surface area (Å²) in [6, 6.07) is 16.7. The summed E-state index contributed by atoms with van der Waals surface area (Å²) in [5.41, 5.74) is 1.67. The Balaban J connectivity index is 1.74. The van der Waals surface area contributed by atoms with Crippen molar-refractivity contribution in [3.63, 3.8) is 0 Å². The third kappa shape index (κ3) is 4.85. The number of halogens is 5. The molecule has 10 heteroatoms. The van der Waals surface area contributed by atoms with Crippen molar-refractivity contribution in [2.75, 3.05) is 24.5 Å². The Labute approximate surface area is 212 Å². The lowest BCUT2D eigenvalue weighted by molar-refractivity contribution is 0.335. The van der Waals surface area contributed by atoms with Crippen LogP contribution >= 0.6 is 58.0 Å². The van der Waals surface area contributed by atoms with Gasteiger partial charge in [-0.15, -0.1) is 0 Å². The molecular weight excluding hydrogens is 534 g/mol. The molecule has 1 aliphatic rings. The number of sulfonamides is 1. The van der Waals surface area contributed by atoms with E-state index in [1.54, 1.807) is 30.3 Å². The molecule has 1 saturated heterocycles. The van der Waals surface area contributed by atoms with E-state index in [1.165, 1.54) is 16.4 Å². The zero-order valence-electron chi connectivity index (χ0n) is 16.5. The van der Waals surface area contributed by atoms with Gasteiger partial charge in [0.15, 0.2) is 0 Å². The molecule has 0 aliphatic carbocycles. The number of piperazine rings is 1. The van der Waals surface area contributed by atoms with Gasteiger partial charge in [-0.2, -0.15) is 4.31 Å². The quantitative estimate of drug-likeness (QED) is 0.345. The number of nitrogens with zero attached hydrogens (tertiary/aromatic N) is 2. The van der Waals surface area contributed by atoms with Crippen molar-refractivity contribution in [3.05, 3.63) is 91.3 Å². The van der Waals surface area contributed by atoms with E-state index in [-0.39, 0.29) is 29.0 Å². The van der Waals surface area contributed by atoms with Crippen LogP contribution in [-0.2, 0) is 10.0 Å². The molecule has 0 aromatic heterocycles. The van der Waals surface area contributed by atoms with Crippen molar-refractivity contribution in [2.24, 2.45) is 0 Å². The lowest BCUT2D eigenvalue weighted by Crippen LogP contribution is -2.50. The fraction of sp³-hybridized carbons (Fsp3) is 0.182.